The summed E-state index contributed by atoms with van der Waals surface area (Å²) < 4.78 is 39.9. The summed E-state index contributed by atoms with van der Waals surface area (Å²) in [5, 5.41) is 0.0507. The maximum atomic E-state index is 13.5. The smallest absolute Gasteiger partial charge is 0.263 e. The minimum Gasteiger partial charge on any atom is -0.277 e. The molecule has 1 N–H and O–H groups in total. The van der Waals surface area contributed by atoms with Gasteiger partial charge in [-0.05, 0) is 24.3 Å². The Morgan fingerprint density at radius 3 is 2.20 bits per heavy atom. The van der Waals surface area contributed by atoms with Gasteiger partial charge in [0.05, 0.1) is 20.8 Å². The highest BCUT2D eigenvalue weighted by Crippen LogP contribution is 2.32. The molecule has 20 heavy (non-hydrogen) atoms. The molecule has 0 spiro atoms. The van der Waals surface area contributed by atoms with Crippen LogP contribution >= 0.6 is 34.8 Å². The molecule has 2 aromatic carbocycles. The van der Waals surface area contributed by atoms with E-state index in [9.17, 15) is 12.8 Å². The molecule has 2 rings (SSSR count). The fourth-order valence-electron chi connectivity index (χ4n) is 1.45. The molecule has 0 fully saturated rings. The third-order valence-electron chi connectivity index (χ3n) is 2.38. The zero-order chi connectivity index (χ0) is 14.9. The average Bonchev–Trinajstić information content (AvgIpc) is 2.36. The molecule has 0 heterocycles. The Hall–Kier alpha value is -1.01. The van der Waals surface area contributed by atoms with Gasteiger partial charge in [0, 0.05) is 0 Å². The summed E-state index contributed by atoms with van der Waals surface area (Å²) in [6, 6.07) is 7.68. The fourth-order valence-corrected chi connectivity index (χ4v) is 3.52. The van der Waals surface area contributed by atoms with Gasteiger partial charge in [0.1, 0.15) is 10.7 Å². The van der Waals surface area contributed by atoms with E-state index >= 15 is 0 Å². The summed E-state index contributed by atoms with van der Waals surface area (Å²) >= 11 is 17.3. The first-order valence-electron chi connectivity index (χ1n) is 5.23. The third-order valence-corrected chi connectivity index (χ3v) is 4.93. The number of hydrogen-bond acceptors (Lipinski definition) is 2. The molecule has 0 unspecified atom stereocenters. The molecule has 0 saturated heterocycles. The topological polar surface area (TPSA) is 46.2 Å². The molecule has 106 valence electrons. The Balaban J connectivity index is 2.47. The van der Waals surface area contributed by atoms with Gasteiger partial charge in [-0.3, -0.25) is 4.72 Å². The van der Waals surface area contributed by atoms with Gasteiger partial charge in [-0.1, -0.05) is 46.9 Å². The molecular formula is C12H7Cl3FNO2S. The van der Waals surface area contributed by atoms with Gasteiger partial charge in [-0.2, -0.15) is 0 Å². The van der Waals surface area contributed by atoms with E-state index < -0.39 is 15.8 Å². The number of hydrogen-bond donors (Lipinski definition) is 1. The van der Waals surface area contributed by atoms with E-state index in [1.54, 1.807) is 0 Å². The minimum atomic E-state index is -4.07. The van der Waals surface area contributed by atoms with Crippen LogP contribution in [0.1, 0.15) is 0 Å². The van der Waals surface area contributed by atoms with Crippen molar-refractivity contribution in [1.29, 1.82) is 0 Å². The van der Waals surface area contributed by atoms with Crippen molar-refractivity contribution in [3.05, 3.63) is 57.3 Å². The maximum Gasteiger partial charge on any atom is 0.263 e. The zero-order valence-corrected chi connectivity index (χ0v) is 12.8. The Morgan fingerprint density at radius 1 is 0.950 bits per heavy atom. The summed E-state index contributed by atoms with van der Waals surface area (Å²) in [4.78, 5) is -0.281. The van der Waals surface area contributed by atoms with Crippen molar-refractivity contribution in [2.75, 3.05) is 4.72 Å². The first kappa shape index (κ1) is 15.4. The lowest BCUT2D eigenvalue weighted by Crippen LogP contribution is -2.14. The summed E-state index contributed by atoms with van der Waals surface area (Å²) in [6.45, 7) is 0. The molecule has 0 aliphatic heterocycles. The molecule has 0 aliphatic rings. The minimum absolute atomic E-state index is 0.0324. The second kappa shape index (κ2) is 5.77. The Kier molecular flexibility index (Phi) is 4.44. The van der Waals surface area contributed by atoms with E-state index in [-0.39, 0.29) is 25.7 Å². The number of sulfonamides is 1. The van der Waals surface area contributed by atoms with E-state index in [0.717, 1.165) is 12.1 Å². The van der Waals surface area contributed by atoms with Crippen molar-refractivity contribution >= 4 is 50.5 Å². The van der Waals surface area contributed by atoms with E-state index in [0.29, 0.717) is 0 Å². The van der Waals surface area contributed by atoms with Crippen LogP contribution in [0.2, 0.25) is 15.1 Å². The van der Waals surface area contributed by atoms with Gasteiger partial charge in [0.2, 0.25) is 0 Å². The van der Waals surface area contributed by atoms with E-state index in [1.807, 2.05) is 0 Å². The highest BCUT2D eigenvalue weighted by atomic mass is 35.5. The lowest BCUT2D eigenvalue weighted by molar-refractivity contribution is 0.598. The molecule has 0 atom stereocenters. The average molecular weight is 355 g/mol. The van der Waals surface area contributed by atoms with Crippen molar-refractivity contribution in [2.45, 2.75) is 4.90 Å². The predicted octanol–water partition coefficient (Wildman–Crippen LogP) is 4.59. The monoisotopic (exact) mass is 353 g/mol. The quantitative estimate of drug-likeness (QED) is 0.820. The van der Waals surface area contributed by atoms with Crippen LogP contribution in [-0.4, -0.2) is 8.42 Å². The van der Waals surface area contributed by atoms with Gasteiger partial charge in [0.25, 0.3) is 10.0 Å². The van der Waals surface area contributed by atoms with Crippen molar-refractivity contribution < 1.29 is 12.8 Å². The van der Waals surface area contributed by atoms with Gasteiger partial charge in [0.15, 0.2) is 0 Å². The van der Waals surface area contributed by atoms with Gasteiger partial charge >= 0.3 is 0 Å². The van der Waals surface area contributed by atoms with Crippen LogP contribution in [0.3, 0.4) is 0 Å². The van der Waals surface area contributed by atoms with Crippen molar-refractivity contribution in [3.63, 3.8) is 0 Å². The number of rotatable bonds is 3. The highest BCUT2D eigenvalue weighted by molar-refractivity contribution is 7.92. The Bertz CT molecular complexity index is 765. The van der Waals surface area contributed by atoms with Crippen LogP contribution in [0, 0.1) is 5.82 Å². The largest absolute Gasteiger partial charge is 0.277 e. The van der Waals surface area contributed by atoms with E-state index in [4.69, 9.17) is 34.8 Å². The summed E-state index contributed by atoms with van der Waals surface area (Å²) in [6.07, 6.45) is 0. The third kappa shape index (κ3) is 3.17. The van der Waals surface area contributed by atoms with Gasteiger partial charge in [-0.25, -0.2) is 12.8 Å². The SMILES string of the molecule is O=S(=O)(Nc1ccccc1F)c1cc(Cl)c(Cl)cc1Cl. The number of nitrogens with one attached hydrogen (secondary N) is 1. The number of benzene rings is 2. The molecular weight excluding hydrogens is 348 g/mol. The molecule has 2 aromatic rings. The maximum absolute atomic E-state index is 13.5. The molecule has 3 nitrogen and oxygen atoms in total. The first-order chi connectivity index (χ1) is 9.31. The molecule has 0 radical (unpaired) electrons. The molecule has 0 bridgehead atoms. The molecule has 0 amide bonds. The second-order valence-corrected chi connectivity index (χ2v) is 6.65. The fraction of sp³-hybridized carbons (Fsp3) is 0. The summed E-state index contributed by atoms with van der Waals surface area (Å²) in [7, 11) is -4.07. The zero-order valence-electron chi connectivity index (χ0n) is 9.70. The molecule has 8 heteroatoms. The molecule has 0 aliphatic carbocycles. The standard InChI is InChI=1S/C12H7Cl3FNO2S/c13-7-5-9(15)12(6-8(7)14)20(18,19)17-11-4-2-1-3-10(11)16/h1-6,17H. The van der Waals surface area contributed by atoms with Crippen molar-refractivity contribution in [3.8, 4) is 0 Å². The van der Waals surface area contributed by atoms with Crippen LogP contribution in [0.15, 0.2) is 41.3 Å². The number of anilines is 1. The lowest BCUT2D eigenvalue weighted by atomic mass is 10.3. The number of para-hydroxylation sites is 1. The normalized spacial score (nSPS) is 11.4. The lowest BCUT2D eigenvalue weighted by Gasteiger charge is -2.11. The van der Waals surface area contributed by atoms with Crippen LogP contribution in [0.4, 0.5) is 10.1 Å². The highest BCUT2D eigenvalue weighted by Gasteiger charge is 2.21. The summed E-state index contributed by atoms with van der Waals surface area (Å²) in [5.41, 5.74) is -0.186. The Labute approximate surface area is 130 Å². The van der Waals surface area contributed by atoms with Gasteiger partial charge < -0.3 is 0 Å². The first-order valence-corrected chi connectivity index (χ1v) is 7.85. The van der Waals surface area contributed by atoms with E-state index in [1.165, 1.54) is 24.3 Å². The van der Waals surface area contributed by atoms with Crippen LogP contribution in [0.5, 0.6) is 0 Å². The van der Waals surface area contributed by atoms with Crippen LogP contribution in [-0.2, 0) is 10.0 Å². The molecule has 0 saturated carbocycles. The number of halogens is 4. The second-order valence-electron chi connectivity index (χ2n) is 3.78. The molecule has 0 aromatic heterocycles. The van der Waals surface area contributed by atoms with Crippen LogP contribution in [0.25, 0.3) is 0 Å². The van der Waals surface area contributed by atoms with Crippen molar-refractivity contribution in [2.24, 2.45) is 0 Å². The summed E-state index contributed by atoms with van der Waals surface area (Å²) in [5.74, 6) is -0.702. The van der Waals surface area contributed by atoms with Gasteiger partial charge in [-0.15, -0.1) is 0 Å². The van der Waals surface area contributed by atoms with Crippen LogP contribution < -0.4 is 4.72 Å². The van der Waals surface area contributed by atoms with Crippen molar-refractivity contribution in [1.82, 2.24) is 0 Å². The van der Waals surface area contributed by atoms with E-state index in [2.05, 4.69) is 4.72 Å². The Morgan fingerprint density at radius 2 is 1.55 bits per heavy atom. The predicted molar refractivity (Wildman–Crippen MR) is 78.7 cm³/mol.